The fraction of sp³-hybridized carbons (Fsp3) is 0.231. The van der Waals surface area contributed by atoms with Crippen molar-refractivity contribution in [3.63, 3.8) is 0 Å². The van der Waals surface area contributed by atoms with Crippen LogP contribution in [0.2, 0.25) is 0 Å². The van der Waals surface area contributed by atoms with E-state index in [0.29, 0.717) is 23.5 Å². The molecule has 1 aliphatic heterocycles. The minimum Gasteiger partial charge on any atom is -0.491 e. The highest BCUT2D eigenvalue weighted by molar-refractivity contribution is 6.04. The monoisotopic (exact) mass is 445 g/mol. The van der Waals surface area contributed by atoms with Gasteiger partial charge in [-0.05, 0) is 67.4 Å². The van der Waals surface area contributed by atoms with Crippen molar-refractivity contribution in [2.45, 2.75) is 18.9 Å². The lowest BCUT2D eigenvalue weighted by molar-refractivity contribution is -0.114. The number of amides is 2. The molecule has 3 N–H and O–H groups in total. The third kappa shape index (κ3) is 6.82. The number of benzene rings is 3. The molecular formula is C26H27N3O4. The molecule has 1 fully saturated rings. The molecule has 33 heavy (non-hydrogen) atoms. The fourth-order valence-electron chi connectivity index (χ4n) is 3.49. The Kier molecular flexibility index (Phi) is 7.56. The average Bonchev–Trinajstić information content (AvgIpc) is 3.37. The number of anilines is 3. The van der Waals surface area contributed by atoms with E-state index in [1.54, 1.807) is 24.3 Å². The van der Waals surface area contributed by atoms with Crippen LogP contribution in [0, 0.1) is 0 Å². The van der Waals surface area contributed by atoms with Crippen molar-refractivity contribution in [3.8, 4) is 5.75 Å². The van der Waals surface area contributed by atoms with Crippen LogP contribution in [0.1, 0.15) is 23.2 Å². The average molecular weight is 446 g/mol. The molecular weight excluding hydrogens is 418 g/mol. The highest BCUT2D eigenvalue weighted by Gasteiger charge is 2.16. The summed E-state index contributed by atoms with van der Waals surface area (Å²) in [4.78, 5) is 24.6. The van der Waals surface area contributed by atoms with Crippen LogP contribution in [0.3, 0.4) is 0 Å². The molecule has 0 saturated carbocycles. The van der Waals surface area contributed by atoms with Gasteiger partial charge in [0.25, 0.3) is 5.91 Å². The molecule has 4 rings (SSSR count). The predicted octanol–water partition coefficient (Wildman–Crippen LogP) is 4.55. The van der Waals surface area contributed by atoms with Gasteiger partial charge in [-0.25, -0.2) is 0 Å². The zero-order valence-electron chi connectivity index (χ0n) is 18.3. The van der Waals surface area contributed by atoms with E-state index in [1.807, 2.05) is 54.6 Å². The lowest BCUT2D eigenvalue weighted by Gasteiger charge is -2.12. The molecule has 1 atom stereocenters. The summed E-state index contributed by atoms with van der Waals surface area (Å²) in [6, 6.07) is 23.5. The minimum absolute atomic E-state index is 0.0906. The molecule has 0 aromatic heterocycles. The van der Waals surface area contributed by atoms with E-state index in [1.165, 1.54) is 0 Å². The molecule has 1 aliphatic rings. The first kappa shape index (κ1) is 22.4. The lowest BCUT2D eigenvalue weighted by atomic mass is 10.2. The molecule has 0 spiro atoms. The number of carbonyl (C=O) groups is 2. The maximum atomic E-state index is 12.3. The van der Waals surface area contributed by atoms with Gasteiger partial charge < -0.3 is 25.4 Å². The zero-order valence-corrected chi connectivity index (χ0v) is 18.3. The molecule has 170 valence electrons. The quantitative estimate of drug-likeness (QED) is 0.450. The minimum atomic E-state index is -0.186. The Morgan fingerprint density at radius 1 is 0.879 bits per heavy atom. The van der Waals surface area contributed by atoms with Crippen molar-refractivity contribution in [2.24, 2.45) is 0 Å². The highest BCUT2D eigenvalue weighted by atomic mass is 16.5. The molecule has 0 radical (unpaired) electrons. The molecule has 1 saturated heterocycles. The molecule has 7 nitrogen and oxygen atoms in total. The lowest BCUT2D eigenvalue weighted by Crippen LogP contribution is -2.21. The largest absolute Gasteiger partial charge is 0.491 e. The summed E-state index contributed by atoms with van der Waals surface area (Å²) in [5.74, 6) is 0.381. The first-order chi connectivity index (χ1) is 16.2. The van der Waals surface area contributed by atoms with Crippen molar-refractivity contribution in [1.82, 2.24) is 0 Å². The van der Waals surface area contributed by atoms with Crippen molar-refractivity contribution in [1.29, 1.82) is 0 Å². The molecule has 1 unspecified atom stereocenters. The molecule has 0 bridgehead atoms. The Hall–Kier alpha value is -3.84. The van der Waals surface area contributed by atoms with E-state index in [4.69, 9.17) is 9.47 Å². The zero-order chi connectivity index (χ0) is 22.9. The van der Waals surface area contributed by atoms with E-state index < -0.39 is 0 Å². The Balaban J connectivity index is 1.23. The van der Waals surface area contributed by atoms with E-state index in [9.17, 15) is 9.59 Å². The number of ether oxygens (including phenoxy) is 2. The van der Waals surface area contributed by atoms with Crippen LogP contribution in [0.5, 0.6) is 5.75 Å². The first-order valence-electron chi connectivity index (χ1n) is 11.0. The summed E-state index contributed by atoms with van der Waals surface area (Å²) in [7, 11) is 0. The van der Waals surface area contributed by atoms with E-state index in [0.717, 1.165) is 30.9 Å². The normalized spacial score (nSPS) is 15.0. The second-order valence-electron chi connectivity index (χ2n) is 7.77. The Morgan fingerprint density at radius 3 is 2.42 bits per heavy atom. The van der Waals surface area contributed by atoms with Crippen LogP contribution in [0.25, 0.3) is 0 Å². The van der Waals surface area contributed by atoms with Gasteiger partial charge in [0.05, 0.1) is 12.6 Å². The molecule has 0 aliphatic carbocycles. The first-order valence-corrected chi connectivity index (χ1v) is 11.0. The van der Waals surface area contributed by atoms with Crippen LogP contribution >= 0.6 is 0 Å². The summed E-state index contributed by atoms with van der Waals surface area (Å²) in [6.07, 6.45) is 2.28. The van der Waals surface area contributed by atoms with E-state index in [-0.39, 0.29) is 24.5 Å². The number of rotatable bonds is 9. The standard InChI is InChI=1S/C26H27N3O4/c30-25(28-20-11-13-23(14-12-20)33-18-24-10-5-15-32-24)17-27-21-8-4-9-22(16-21)29-26(31)19-6-2-1-3-7-19/h1-4,6-9,11-14,16,24,27H,5,10,15,17-18H2,(H,28,30)(H,29,31). The smallest absolute Gasteiger partial charge is 0.255 e. The van der Waals surface area contributed by atoms with Crippen molar-refractivity contribution >= 4 is 28.9 Å². The third-order valence-corrected chi connectivity index (χ3v) is 5.21. The van der Waals surface area contributed by atoms with Crippen molar-refractivity contribution < 1.29 is 19.1 Å². The van der Waals surface area contributed by atoms with Crippen LogP contribution in [0.4, 0.5) is 17.1 Å². The summed E-state index contributed by atoms with van der Waals surface area (Å²) < 4.78 is 11.3. The number of carbonyl (C=O) groups excluding carboxylic acids is 2. The number of nitrogens with one attached hydrogen (secondary N) is 3. The van der Waals surface area contributed by atoms with Crippen LogP contribution < -0.4 is 20.7 Å². The maximum Gasteiger partial charge on any atom is 0.255 e. The molecule has 3 aromatic carbocycles. The summed E-state index contributed by atoms with van der Waals surface area (Å²) in [5.41, 5.74) is 2.65. The number of hydrogen-bond donors (Lipinski definition) is 3. The third-order valence-electron chi connectivity index (χ3n) is 5.21. The van der Waals surface area contributed by atoms with Gasteiger partial charge >= 0.3 is 0 Å². The van der Waals surface area contributed by atoms with Gasteiger partial charge in [-0.1, -0.05) is 24.3 Å². The van der Waals surface area contributed by atoms with E-state index in [2.05, 4.69) is 16.0 Å². The van der Waals surface area contributed by atoms with Gasteiger partial charge in [0.1, 0.15) is 12.4 Å². The van der Waals surface area contributed by atoms with Gasteiger partial charge in [0.15, 0.2) is 0 Å². The Labute approximate surface area is 193 Å². The topological polar surface area (TPSA) is 88.7 Å². The summed E-state index contributed by atoms with van der Waals surface area (Å²) >= 11 is 0. The summed E-state index contributed by atoms with van der Waals surface area (Å²) in [5, 5.41) is 8.79. The van der Waals surface area contributed by atoms with Crippen LogP contribution in [-0.4, -0.2) is 37.7 Å². The van der Waals surface area contributed by atoms with Crippen molar-refractivity contribution in [3.05, 3.63) is 84.4 Å². The van der Waals surface area contributed by atoms with E-state index >= 15 is 0 Å². The molecule has 3 aromatic rings. The molecule has 1 heterocycles. The van der Waals surface area contributed by atoms with Gasteiger partial charge in [0, 0.05) is 29.2 Å². The van der Waals surface area contributed by atoms with Gasteiger partial charge in [-0.3, -0.25) is 9.59 Å². The van der Waals surface area contributed by atoms with Gasteiger partial charge in [-0.15, -0.1) is 0 Å². The highest BCUT2D eigenvalue weighted by Crippen LogP contribution is 2.19. The second kappa shape index (κ2) is 11.2. The van der Waals surface area contributed by atoms with Gasteiger partial charge in [0.2, 0.25) is 5.91 Å². The Bertz CT molecular complexity index is 1060. The van der Waals surface area contributed by atoms with Gasteiger partial charge in [-0.2, -0.15) is 0 Å². The number of hydrogen-bond acceptors (Lipinski definition) is 5. The fourth-order valence-corrected chi connectivity index (χ4v) is 3.49. The van der Waals surface area contributed by atoms with Crippen molar-refractivity contribution in [2.75, 3.05) is 35.7 Å². The Morgan fingerprint density at radius 2 is 1.67 bits per heavy atom. The van der Waals surface area contributed by atoms with Crippen LogP contribution in [0.15, 0.2) is 78.9 Å². The molecule has 7 heteroatoms. The van der Waals surface area contributed by atoms with Crippen LogP contribution in [-0.2, 0) is 9.53 Å². The second-order valence-corrected chi connectivity index (χ2v) is 7.77. The SMILES string of the molecule is O=C(CNc1cccc(NC(=O)c2ccccc2)c1)Nc1ccc(OCC2CCCO2)cc1. The predicted molar refractivity (Wildman–Crippen MR) is 129 cm³/mol. The maximum absolute atomic E-state index is 12.3. The summed E-state index contributed by atoms with van der Waals surface area (Å²) in [6.45, 7) is 1.44. The molecule has 2 amide bonds.